The third-order valence-electron chi connectivity index (χ3n) is 3.53. The number of hydrogen-bond donors (Lipinski definition) is 1. The molecular weight excluding hydrogens is 250 g/mol. The molecule has 0 radical (unpaired) electrons. The van der Waals surface area contributed by atoms with Crippen LogP contribution in [0.4, 0.5) is 0 Å². The van der Waals surface area contributed by atoms with Gasteiger partial charge in [0.15, 0.2) is 0 Å². The van der Waals surface area contributed by atoms with E-state index in [0.717, 1.165) is 25.7 Å². The van der Waals surface area contributed by atoms with Crippen LogP contribution in [0.25, 0.3) is 0 Å². The highest BCUT2D eigenvalue weighted by Gasteiger charge is 2.34. The number of hydrogen-bond acceptors (Lipinski definition) is 2. The van der Waals surface area contributed by atoms with Gasteiger partial charge in [0.25, 0.3) is 5.91 Å². The average Bonchev–Trinajstić information content (AvgIpc) is 2.88. The van der Waals surface area contributed by atoms with Crippen LogP contribution in [-0.4, -0.2) is 24.4 Å². The zero-order valence-corrected chi connectivity index (χ0v) is 11.3. The van der Waals surface area contributed by atoms with Crippen molar-refractivity contribution in [1.82, 2.24) is 5.32 Å². The highest BCUT2D eigenvalue weighted by molar-refractivity contribution is 6.19. The molecule has 2 rings (SSSR count). The minimum Gasteiger partial charge on any atom is -0.497 e. The van der Waals surface area contributed by atoms with E-state index in [9.17, 15) is 4.79 Å². The molecule has 0 aliphatic heterocycles. The molecule has 3 nitrogen and oxygen atoms in total. The molecule has 1 aliphatic rings. The highest BCUT2D eigenvalue weighted by Crippen LogP contribution is 2.31. The minimum absolute atomic E-state index is 0.0727. The van der Waals surface area contributed by atoms with E-state index < -0.39 is 0 Å². The van der Waals surface area contributed by atoms with E-state index in [1.807, 2.05) is 12.1 Å². The average molecular weight is 268 g/mol. The topological polar surface area (TPSA) is 38.3 Å². The van der Waals surface area contributed by atoms with Crippen LogP contribution in [0.3, 0.4) is 0 Å². The number of amides is 1. The summed E-state index contributed by atoms with van der Waals surface area (Å²) in [5.74, 6) is 1.09. The summed E-state index contributed by atoms with van der Waals surface area (Å²) in [6.45, 7) is 0. The first-order chi connectivity index (χ1) is 8.69. The third-order valence-corrected chi connectivity index (χ3v) is 4.04. The fourth-order valence-corrected chi connectivity index (χ4v) is 2.76. The molecule has 1 fully saturated rings. The first kappa shape index (κ1) is 13.2. The Balaban J connectivity index is 2.11. The highest BCUT2D eigenvalue weighted by atomic mass is 35.5. The summed E-state index contributed by atoms with van der Waals surface area (Å²) in [5.41, 5.74) is 0.396. The van der Waals surface area contributed by atoms with Crippen LogP contribution in [0.2, 0.25) is 0 Å². The second kappa shape index (κ2) is 5.61. The van der Waals surface area contributed by atoms with Crippen molar-refractivity contribution in [3.63, 3.8) is 0 Å². The molecule has 0 heterocycles. The summed E-state index contributed by atoms with van der Waals surface area (Å²) >= 11 is 6.02. The van der Waals surface area contributed by atoms with Gasteiger partial charge in [0.05, 0.1) is 12.6 Å². The summed E-state index contributed by atoms with van der Waals surface area (Å²) in [6, 6.07) is 7.17. The molecule has 1 amide bonds. The van der Waals surface area contributed by atoms with Crippen LogP contribution in [0, 0.1) is 0 Å². The standard InChI is InChI=1S/C14H18ClNO2/c1-18-12-6-4-5-11(9-12)13(17)16-14(10-15)7-2-3-8-14/h4-6,9H,2-3,7-8,10H2,1H3,(H,16,17). The fourth-order valence-electron chi connectivity index (χ4n) is 2.42. The van der Waals surface area contributed by atoms with Crippen molar-refractivity contribution in [3.8, 4) is 5.75 Å². The van der Waals surface area contributed by atoms with E-state index >= 15 is 0 Å². The molecule has 0 spiro atoms. The lowest BCUT2D eigenvalue weighted by Gasteiger charge is -2.27. The molecule has 1 aromatic rings. The van der Waals surface area contributed by atoms with E-state index in [2.05, 4.69) is 5.32 Å². The van der Waals surface area contributed by atoms with Gasteiger partial charge in [-0.05, 0) is 31.0 Å². The van der Waals surface area contributed by atoms with Gasteiger partial charge in [0, 0.05) is 11.4 Å². The summed E-state index contributed by atoms with van der Waals surface area (Å²) in [5, 5.41) is 3.08. The molecule has 0 bridgehead atoms. The van der Waals surface area contributed by atoms with E-state index in [4.69, 9.17) is 16.3 Å². The lowest BCUT2D eigenvalue weighted by Crippen LogP contribution is -2.47. The number of methoxy groups -OCH3 is 1. The molecule has 98 valence electrons. The Morgan fingerprint density at radius 2 is 2.17 bits per heavy atom. The van der Waals surface area contributed by atoms with E-state index in [1.165, 1.54) is 0 Å². The van der Waals surface area contributed by atoms with E-state index in [1.54, 1.807) is 19.2 Å². The van der Waals surface area contributed by atoms with Crippen molar-refractivity contribution in [1.29, 1.82) is 0 Å². The Hall–Kier alpha value is -1.22. The van der Waals surface area contributed by atoms with Crippen molar-refractivity contribution in [3.05, 3.63) is 29.8 Å². The molecule has 1 saturated carbocycles. The number of halogens is 1. The Morgan fingerprint density at radius 1 is 1.44 bits per heavy atom. The maximum absolute atomic E-state index is 12.2. The van der Waals surface area contributed by atoms with E-state index in [-0.39, 0.29) is 11.4 Å². The maximum atomic E-state index is 12.2. The van der Waals surface area contributed by atoms with Gasteiger partial charge in [0.1, 0.15) is 5.75 Å². The predicted octanol–water partition coefficient (Wildman–Crippen LogP) is 2.98. The number of carbonyl (C=O) groups excluding carboxylic acids is 1. The molecule has 0 saturated heterocycles. The number of nitrogens with one attached hydrogen (secondary N) is 1. The van der Waals surface area contributed by atoms with E-state index in [0.29, 0.717) is 17.2 Å². The molecule has 4 heteroatoms. The fraction of sp³-hybridized carbons (Fsp3) is 0.500. The number of carbonyl (C=O) groups is 1. The normalized spacial score (nSPS) is 17.4. The number of rotatable bonds is 4. The smallest absolute Gasteiger partial charge is 0.251 e. The molecule has 1 N–H and O–H groups in total. The monoisotopic (exact) mass is 267 g/mol. The van der Waals surface area contributed by atoms with Crippen molar-refractivity contribution < 1.29 is 9.53 Å². The van der Waals surface area contributed by atoms with Crippen LogP contribution in [-0.2, 0) is 0 Å². The number of alkyl halides is 1. The predicted molar refractivity (Wildman–Crippen MR) is 72.4 cm³/mol. The first-order valence-electron chi connectivity index (χ1n) is 6.22. The van der Waals surface area contributed by atoms with Crippen molar-refractivity contribution >= 4 is 17.5 Å². The Kier molecular flexibility index (Phi) is 4.12. The largest absolute Gasteiger partial charge is 0.497 e. The summed E-state index contributed by atoms with van der Waals surface area (Å²) in [4.78, 5) is 12.2. The van der Waals surface area contributed by atoms with Gasteiger partial charge in [0.2, 0.25) is 0 Å². The number of ether oxygens (including phenoxy) is 1. The molecular formula is C14H18ClNO2. The SMILES string of the molecule is COc1cccc(C(=O)NC2(CCl)CCCC2)c1. The lowest BCUT2D eigenvalue weighted by atomic mass is 9.99. The van der Waals surface area contributed by atoms with Gasteiger partial charge < -0.3 is 10.1 Å². The van der Waals surface area contributed by atoms with Crippen LogP contribution < -0.4 is 10.1 Å². The van der Waals surface area contributed by atoms with Gasteiger partial charge in [-0.2, -0.15) is 0 Å². The minimum atomic E-state index is -0.221. The van der Waals surface area contributed by atoms with Crippen LogP contribution in [0.1, 0.15) is 36.0 Å². The molecule has 1 aliphatic carbocycles. The Labute approximate surface area is 112 Å². The van der Waals surface area contributed by atoms with Crippen molar-refractivity contribution in [2.45, 2.75) is 31.2 Å². The van der Waals surface area contributed by atoms with Gasteiger partial charge in [-0.1, -0.05) is 18.9 Å². The summed E-state index contributed by atoms with van der Waals surface area (Å²) in [6.07, 6.45) is 4.19. The lowest BCUT2D eigenvalue weighted by molar-refractivity contribution is 0.0909. The zero-order chi connectivity index (χ0) is 13.0. The second-order valence-electron chi connectivity index (χ2n) is 4.81. The van der Waals surface area contributed by atoms with Crippen LogP contribution in [0.5, 0.6) is 5.75 Å². The number of benzene rings is 1. The zero-order valence-electron chi connectivity index (χ0n) is 10.5. The van der Waals surface area contributed by atoms with Gasteiger partial charge in [-0.25, -0.2) is 0 Å². The quantitative estimate of drug-likeness (QED) is 0.852. The van der Waals surface area contributed by atoms with Crippen molar-refractivity contribution in [2.24, 2.45) is 0 Å². The van der Waals surface area contributed by atoms with Gasteiger partial charge >= 0.3 is 0 Å². The Morgan fingerprint density at radius 3 is 2.78 bits per heavy atom. The summed E-state index contributed by atoms with van der Waals surface area (Å²) in [7, 11) is 1.59. The van der Waals surface area contributed by atoms with Crippen molar-refractivity contribution in [2.75, 3.05) is 13.0 Å². The molecule has 0 atom stereocenters. The van der Waals surface area contributed by atoms with Crippen LogP contribution >= 0.6 is 11.6 Å². The van der Waals surface area contributed by atoms with Crippen LogP contribution in [0.15, 0.2) is 24.3 Å². The summed E-state index contributed by atoms with van der Waals surface area (Å²) < 4.78 is 5.12. The van der Waals surface area contributed by atoms with Gasteiger partial charge in [-0.3, -0.25) is 4.79 Å². The molecule has 1 aromatic carbocycles. The molecule has 18 heavy (non-hydrogen) atoms. The Bertz CT molecular complexity index is 428. The molecule has 0 unspecified atom stereocenters. The maximum Gasteiger partial charge on any atom is 0.251 e. The molecule has 0 aromatic heterocycles. The third kappa shape index (κ3) is 2.78. The van der Waals surface area contributed by atoms with Gasteiger partial charge in [-0.15, -0.1) is 11.6 Å². The second-order valence-corrected chi connectivity index (χ2v) is 5.07. The first-order valence-corrected chi connectivity index (χ1v) is 6.75.